The number of aliphatic hydroxyl groups is 1. The highest BCUT2D eigenvalue weighted by Gasteiger charge is 2.19. The van der Waals surface area contributed by atoms with E-state index < -0.39 is 0 Å². The third kappa shape index (κ3) is 3.31. The van der Waals surface area contributed by atoms with Crippen LogP contribution in [0.15, 0.2) is 12.1 Å². The standard InChI is InChI=1S/C12H20N4O/c13-7-8-5-11(14)16-12(6-8)15-9-1-3-10(17)4-2-9/h5-6,9-10,17H,1-4,7,13H2,(H3,14,15,16)/t9-,10-. The maximum atomic E-state index is 9.44. The summed E-state index contributed by atoms with van der Waals surface area (Å²) in [4.78, 5) is 4.24. The van der Waals surface area contributed by atoms with Crippen LogP contribution in [-0.4, -0.2) is 22.2 Å². The molecule has 2 rings (SSSR count). The lowest BCUT2D eigenvalue weighted by molar-refractivity contribution is 0.126. The molecule has 6 N–H and O–H groups in total. The molecule has 0 bridgehead atoms. The Labute approximate surface area is 101 Å². The molecule has 5 heteroatoms. The van der Waals surface area contributed by atoms with Gasteiger partial charge in [-0.1, -0.05) is 0 Å². The van der Waals surface area contributed by atoms with Crippen LogP contribution in [0.2, 0.25) is 0 Å². The number of hydrogen-bond donors (Lipinski definition) is 4. The number of anilines is 2. The van der Waals surface area contributed by atoms with Crippen LogP contribution in [0, 0.1) is 0 Å². The summed E-state index contributed by atoms with van der Waals surface area (Å²) in [5.74, 6) is 1.28. The molecule has 1 heterocycles. The molecule has 1 saturated carbocycles. The van der Waals surface area contributed by atoms with Crippen LogP contribution in [0.25, 0.3) is 0 Å². The van der Waals surface area contributed by atoms with E-state index in [2.05, 4.69) is 10.3 Å². The Morgan fingerprint density at radius 2 is 2.00 bits per heavy atom. The van der Waals surface area contributed by atoms with E-state index in [9.17, 15) is 5.11 Å². The first-order valence-electron chi connectivity index (χ1n) is 6.08. The van der Waals surface area contributed by atoms with Gasteiger partial charge in [0.1, 0.15) is 11.6 Å². The van der Waals surface area contributed by atoms with Gasteiger partial charge in [-0.15, -0.1) is 0 Å². The fourth-order valence-electron chi connectivity index (χ4n) is 2.23. The van der Waals surface area contributed by atoms with Gasteiger partial charge in [0.05, 0.1) is 6.10 Å². The monoisotopic (exact) mass is 236 g/mol. The van der Waals surface area contributed by atoms with Gasteiger partial charge < -0.3 is 21.9 Å². The van der Waals surface area contributed by atoms with E-state index >= 15 is 0 Å². The van der Waals surface area contributed by atoms with Crippen LogP contribution in [-0.2, 0) is 6.54 Å². The molecule has 0 aromatic carbocycles. The van der Waals surface area contributed by atoms with E-state index in [1.807, 2.05) is 6.07 Å². The highest BCUT2D eigenvalue weighted by atomic mass is 16.3. The predicted octanol–water partition coefficient (Wildman–Crippen LogP) is 0.838. The molecule has 0 aliphatic heterocycles. The lowest BCUT2D eigenvalue weighted by atomic mass is 9.93. The minimum atomic E-state index is -0.138. The number of nitrogen functional groups attached to an aromatic ring is 1. The van der Waals surface area contributed by atoms with Crippen molar-refractivity contribution in [2.24, 2.45) is 5.73 Å². The average molecular weight is 236 g/mol. The second-order valence-corrected chi connectivity index (χ2v) is 4.64. The average Bonchev–Trinajstić information content (AvgIpc) is 2.31. The van der Waals surface area contributed by atoms with Crippen LogP contribution in [0.1, 0.15) is 31.2 Å². The molecule has 1 aromatic rings. The molecule has 0 spiro atoms. The summed E-state index contributed by atoms with van der Waals surface area (Å²) in [5.41, 5.74) is 12.3. The summed E-state index contributed by atoms with van der Waals surface area (Å²) in [5, 5.41) is 12.8. The van der Waals surface area contributed by atoms with Gasteiger partial charge in [0.25, 0.3) is 0 Å². The molecule has 1 fully saturated rings. The highest BCUT2D eigenvalue weighted by Crippen LogP contribution is 2.22. The lowest BCUT2D eigenvalue weighted by Crippen LogP contribution is -2.28. The molecule has 1 aliphatic carbocycles. The number of rotatable bonds is 3. The molecule has 1 aliphatic rings. The number of pyridine rings is 1. The van der Waals surface area contributed by atoms with E-state index in [0.717, 1.165) is 37.1 Å². The highest BCUT2D eigenvalue weighted by molar-refractivity contribution is 5.47. The molecule has 17 heavy (non-hydrogen) atoms. The Kier molecular flexibility index (Phi) is 3.81. The minimum Gasteiger partial charge on any atom is -0.393 e. The van der Waals surface area contributed by atoms with E-state index in [-0.39, 0.29) is 6.10 Å². The Bertz CT molecular complexity index is 375. The lowest BCUT2D eigenvalue weighted by Gasteiger charge is -2.26. The van der Waals surface area contributed by atoms with E-state index in [1.165, 1.54) is 0 Å². The third-order valence-corrected chi connectivity index (χ3v) is 3.19. The maximum Gasteiger partial charge on any atom is 0.128 e. The molecule has 5 nitrogen and oxygen atoms in total. The SMILES string of the molecule is NCc1cc(N)nc(N[C@H]2CC[C@H](O)CC2)c1. The number of nitrogens with zero attached hydrogens (tertiary/aromatic N) is 1. The normalized spacial score (nSPS) is 24.6. The molecule has 0 saturated heterocycles. The first-order chi connectivity index (χ1) is 8.17. The van der Waals surface area contributed by atoms with Crippen molar-refractivity contribution < 1.29 is 5.11 Å². The van der Waals surface area contributed by atoms with Crippen molar-refractivity contribution in [1.82, 2.24) is 4.98 Å². The molecule has 94 valence electrons. The van der Waals surface area contributed by atoms with Gasteiger partial charge >= 0.3 is 0 Å². The fraction of sp³-hybridized carbons (Fsp3) is 0.583. The van der Waals surface area contributed by atoms with Gasteiger partial charge in [0.2, 0.25) is 0 Å². The number of hydrogen-bond acceptors (Lipinski definition) is 5. The van der Waals surface area contributed by atoms with Gasteiger partial charge in [-0.2, -0.15) is 0 Å². The van der Waals surface area contributed by atoms with E-state index in [4.69, 9.17) is 11.5 Å². The molecule has 0 amide bonds. The quantitative estimate of drug-likeness (QED) is 0.623. The zero-order valence-electron chi connectivity index (χ0n) is 9.89. The van der Waals surface area contributed by atoms with Crippen molar-refractivity contribution in [3.63, 3.8) is 0 Å². The van der Waals surface area contributed by atoms with Crippen LogP contribution >= 0.6 is 0 Å². The van der Waals surface area contributed by atoms with Gasteiger partial charge in [-0.05, 0) is 43.4 Å². The maximum absolute atomic E-state index is 9.44. The summed E-state index contributed by atoms with van der Waals surface area (Å²) >= 11 is 0. The first-order valence-corrected chi connectivity index (χ1v) is 6.08. The van der Waals surface area contributed by atoms with Crippen LogP contribution in [0.5, 0.6) is 0 Å². The smallest absolute Gasteiger partial charge is 0.128 e. The van der Waals surface area contributed by atoms with E-state index in [0.29, 0.717) is 18.4 Å². The van der Waals surface area contributed by atoms with Crippen LogP contribution in [0.3, 0.4) is 0 Å². The molecule has 0 radical (unpaired) electrons. The molecule has 1 aromatic heterocycles. The second kappa shape index (κ2) is 5.33. The van der Waals surface area contributed by atoms with Crippen LogP contribution in [0.4, 0.5) is 11.6 Å². The van der Waals surface area contributed by atoms with Crippen molar-refractivity contribution in [2.45, 2.75) is 44.4 Å². The molecular formula is C12H20N4O. The number of aromatic nitrogens is 1. The van der Waals surface area contributed by atoms with Crippen LogP contribution < -0.4 is 16.8 Å². The number of nitrogens with one attached hydrogen (secondary N) is 1. The van der Waals surface area contributed by atoms with E-state index in [1.54, 1.807) is 6.07 Å². The summed E-state index contributed by atoms with van der Waals surface area (Å²) in [7, 11) is 0. The van der Waals surface area contributed by atoms with Gasteiger partial charge in [0, 0.05) is 12.6 Å². The van der Waals surface area contributed by atoms with Crippen molar-refractivity contribution in [3.05, 3.63) is 17.7 Å². The number of aliphatic hydroxyl groups excluding tert-OH is 1. The molecular weight excluding hydrogens is 216 g/mol. The molecule has 0 unspecified atom stereocenters. The number of nitrogens with two attached hydrogens (primary N) is 2. The Hall–Kier alpha value is -1.33. The minimum absolute atomic E-state index is 0.138. The summed E-state index contributed by atoms with van der Waals surface area (Å²) in [6.45, 7) is 0.463. The van der Waals surface area contributed by atoms with Crippen molar-refractivity contribution in [3.8, 4) is 0 Å². The molecule has 0 atom stereocenters. The zero-order valence-corrected chi connectivity index (χ0v) is 9.89. The first kappa shape index (κ1) is 12.1. The summed E-state index contributed by atoms with van der Waals surface area (Å²) in [6, 6.07) is 4.09. The topological polar surface area (TPSA) is 97.2 Å². The van der Waals surface area contributed by atoms with Crippen molar-refractivity contribution >= 4 is 11.6 Å². The second-order valence-electron chi connectivity index (χ2n) is 4.64. The summed E-state index contributed by atoms with van der Waals surface area (Å²) < 4.78 is 0. The van der Waals surface area contributed by atoms with Crippen molar-refractivity contribution in [2.75, 3.05) is 11.1 Å². The van der Waals surface area contributed by atoms with Gasteiger partial charge in [-0.25, -0.2) is 4.98 Å². The summed E-state index contributed by atoms with van der Waals surface area (Å²) in [6.07, 6.45) is 3.50. The van der Waals surface area contributed by atoms with Gasteiger partial charge in [0.15, 0.2) is 0 Å². The fourth-order valence-corrected chi connectivity index (χ4v) is 2.23. The Balaban J connectivity index is 2.00. The zero-order chi connectivity index (χ0) is 12.3. The Morgan fingerprint density at radius 3 is 2.65 bits per heavy atom. The predicted molar refractivity (Wildman–Crippen MR) is 68.4 cm³/mol. The largest absolute Gasteiger partial charge is 0.393 e. The van der Waals surface area contributed by atoms with Gasteiger partial charge in [-0.3, -0.25) is 0 Å². The Morgan fingerprint density at radius 1 is 1.29 bits per heavy atom. The van der Waals surface area contributed by atoms with Crippen molar-refractivity contribution in [1.29, 1.82) is 0 Å². The third-order valence-electron chi connectivity index (χ3n) is 3.19.